The Hall–Kier alpha value is -1.92. The number of anilines is 1. The second-order valence-electron chi connectivity index (χ2n) is 4.89. The van der Waals surface area contributed by atoms with E-state index in [0.29, 0.717) is 26.2 Å². The van der Waals surface area contributed by atoms with Gasteiger partial charge in [-0.15, -0.1) is 0 Å². The van der Waals surface area contributed by atoms with Crippen molar-refractivity contribution in [2.24, 2.45) is 0 Å². The first-order valence-electron chi connectivity index (χ1n) is 6.89. The molecule has 0 bridgehead atoms. The van der Waals surface area contributed by atoms with Crippen LogP contribution in [0.4, 0.5) is 5.69 Å². The third-order valence-electron chi connectivity index (χ3n) is 3.60. The second kappa shape index (κ2) is 5.83. The molecule has 110 valence electrons. The van der Waals surface area contributed by atoms with Crippen LogP contribution in [0, 0.1) is 0 Å². The smallest absolute Gasteiger partial charge is 0.260 e. The summed E-state index contributed by atoms with van der Waals surface area (Å²) < 4.78 is 26.5. The number of rotatable bonds is 3. The molecular formula is C15H17N3O2S. The van der Waals surface area contributed by atoms with Crippen LogP contribution < -0.4 is 4.90 Å². The second-order valence-corrected chi connectivity index (χ2v) is 6.78. The molecule has 0 aliphatic carbocycles. The third-order valence-corrected chi connectivity index (χ3v) is 5.42. The number of hydrogen-bond acceptors (Lipinski definition) is 4. The van der Waals surface area contributed by atoms with E-state index in [1.54, 1.807) is 18.2 Å². The summed E-state index contributed by atoms with van der Waals surface area (Å²) in [6.45, 7) is 2.34. The Labute approximate surface area is 124 Å². The van der Waals surface area contributed by atoms with Crippen LogP contribution in [-0.4, -0.2) is 43.9 Å². The van der Waals surface area contributed by atoms with Gasteiger partial charge in [0, 0.05) is 38.1 Å². The van der Waals surface area contributed by atoms with Crippen molar-refractivity contribution in [2.45, 2.75) is 5.03 Å². The van der Waals surface area contributed by atoms with E-state index >= 15 is 0 Å². The van der Waals surface area contributed by atoms with Gasteiger partial charge in [-0.3, -0.25) is 0 Å². The summed E-state index contributed by atoms with van der Waals surface area (Å²) in [6, 6.07) is 15.0. The van der Waals surface area contributed by atoms with Crippen molar-refractivity contribution in [1.82, 2.24) is 9.29 Å². The molecule has 0 saturated carbocycles. The van der Waals surface area contributed by atoms with Gasteiger partial charge in [0.15, 0.2) is 5.03 Å². The van der Waals surface area contributed by atoms with Crippen LogP contribution in [0.25, 0.3) is 0 Å². The minimum Gasteiger partial charge on any atom is -0.369 e. The van der Waals surface area contributed by atoms with Crippen molar-refractivity contribution in [3.05, 3.63) is 54.7 Å². The Kier molecular flexibility index (Phi) is 3.90. The van der Waals surface area contributed by atoms with Crippen molar-refractivity contribution in [1.29, 1.82) is 0 Å². The molecule has 6 heteroatoms. The number of piperazine rings is 1. The molecule has 21 heavy (non-hydrogen) atoms. The topological polar surface area (TPSA) is 53.5 Å². The van der Waals surface area contributed by atoms with E-state index in [2.05, 4.69) is 9.88 Å². The fourth-order valence-electron chi connectivity index (χ4n) is 2.46. The van der Waals surface area contributed by atoms with Crippen LogP contribution in [0.2, 0.25) is 0 Å². The number of pyridine rings is 1. The highest BCUT2D eigenvalue weighted by atomic mass is 32.2. The molecule has 2 aromatic rings. The van der Waals surface area contributed by atoms with E-state index in [4.69, 9.17) is 0 Å². The first-order chi connectivity index (χ1) is 10.2. The predicted molar refractivity (Wildman–Crippen MR) is 81.7 cm³/mol. The largest absolute Gasteiger partial charge is 0.369 e. The van der Waals surface area contributed by atoms with Gasteiger partial charge in [0.2, 0.25) is 0 Å². The maximum Gasteiger partial charge on any atom is 0.260 e. The van der Waals surface area contributed by atoms with E-state index in [1.165, 1.54) is 10.5 Å². The molecule has 1 aromatic carbocycles. The number of hydrogen-bond donors (Lipinski definition) is 0. The highest BCUT2D eigenvalue weighted by Crippen LogP contribution is 2.19. The fourth-order valence-corrected chi connectivity index (χ4v) is 3.81. The molecule has 1 aliphatic heterocycles. The monoisotopic (exact) mass is 303 g/mol. The SMILES string of the molecule is O=S(=O)(c1ccccn1)N1CCN(c2ccccc2)CC1. The summed E-state index contributed by atoms with van der Waals surface area (Å²) in [7, 11) is -3.47. The molecule has 0 radical (unpaired) electrons. The maximum atomic E-state index is 12.5. The Morgan fingerprint density at radius 2 is 1.52 bits per heavy atom. The molecule has 2 heterocycles. The Morgan fingerprint density at radius 3 is 2.14 bits per heavy atom. The van der Waals surface area contributed by atoms with Gasteiger partial charge in [-0.05, 0) is 24.3 Å². The lowest BCUT2D eigenvalue weighted by molar-refractivity contribution is 0.383. The Balaban J connectivity index is 1.72. The van der Waals surface area contributed by atoms with E-state index < -0.39 is 10.0 Å². The molecule has 1 aliphatic rings. The molecule has 0 N–H and O–H groups in total. The van der Waals surface area contributed by atoms with E-state index in [9.17, 15) is 8.42 Å². The molecule has 3 rings (SSSR count). The third kappa shape index (κ3) is 2.91. The minimum absolute atomic E-state index is 0.123. The van der Waals surface area contributed by atoms with E-state index in [-0.39, 0.29) is 5.03 Å². The highest BCUT2D eigenvalue weighted by molar-refractivity contribution is 7.89. The molecule has 0 unspecified atom stereocenters. The molecule has 1 saturated heterocycles. The minimum atomic E-state index is -3.47. The number of nitrogens with zero attached hydrogens (tertiary/aromatic N) is 3. The lowest BCUT2D eigenvalue weighted by Crippen LogP contribution is -2.48. The van der Waals surface area contributed by atoms with Crippen LogP contribution >= 0.6 is 0 Å². The van der Waals surface area contributed by atoms with Crippen LogP contribution in [0.3, 0.4) is 0 Å². The molecular weight excluding hydrogens is 286 g/mol. The van der Waals surface area contributed by atoms with Gasteiger partial charge < -0.3 is 4.90 Å². The zero-order valence-electron chi connectivity index (χ0n) is 11.6. The Morgan fingerprint density at radius 1 is 0.857 bits per heavy atom. The lowest BCUT2D eigenvalue weighted by atomic mass is 10.2. The summed E-state index contributed by atoms with van der Waals surface area (Å²) >= 11 is 0. The zero-order chi connectivity index (χ0) is 14.7. The summed E-state index contributed by atoms with van der Waals surface area (Å²) in [5.41, 5.74) is 1.13. The van der Waals surface area contributed by atoms with Gasteiger partial charge >= 0.3 is 0 Å². The lowest BCUT2D eigenvalue weighted by Gasteiger charge is -2.35. The van der Waals surface area contributed by atoms with Gasteiger partial charge in [-0.2, -0.15) is 4.31 Å². The fraction of sp³-hybridized carbons (Fsp3) is 0.267. The highest BCUT2D eigenvalue weighted by Gasteiger charge is 2.29. The van der Waals surface area contributed by atoms with Crippen molar-refractivity contribution in [3.8, 4) is 0 Å². The quantitative estimate of drug-likeness (QED) is 0.864. The molecule has 1 aromatic heterocycles. The maximum absolute atomic E-state index is 12.5. The standard InChI is InChI=1S/C15H17N3O2S/c19-21(20,15-8-4-5-9-16-15)18-12-10-17(11-13-18)14-6-2-1-3-7-14/h1-9H,10-13H2. The van der Waals surface area contributed by atoms with Crippen molar-refractivity contribution in [3.63, 3.8) is 0 Å². The zero-order valence-corrected chi connectivity index (χ0v) is 12.4. The van der Waals surface area contributed by atoms with Gasteiger partial charge in [-0.25, -0.2) is 13.4 Å². The van der Waals surface area contributed by atoms with Crippen molar-refractivity contribution in [2.75, 3.05) is 31.1 Å². The van der Waals surface area contributed by atoms with Crippen molar-refractivity contribution < 1.29 is 8.42 Å². The predicted octanol–water partition coefficient (Wildman–Crippen LogP) is 1.59. The van der Waals surface area contributed by atoms with Crippen molar-refractivity contribution >= 4 is 15.7 Å². The van der Waals surface area contributed by atoms with Crippen LogP contribution in [0.15, 0.2) is 59.8 Å². The first kappa shape index (κ1) is 14.0. The molecule has 0 spiro atoms. The summed E-state index contributed by atoms with van der Waals surface area (Å²) in [6.07, 6.45) is 1.51. The van der Waals surface area contributed by atoms with Crippen LogP contribution in [-0.2, 0) is 10.0 Å². The average molecular weight is 303 g/mol. The molecule has 5 nitrogen and oxygen atoms in total. The van der Waals surface area contributed by atoms with Gasteiger partial charge in [0.05, 0.1) is 0 Å². The van der Waals surface area contributed by atoms with E-state index in [0.717, 1.165) is 5.69 Å². The summed E-state index contributed by atoms with van der Waals surface area (Å²) in [5.74, 6) is 0. The van der Waals surface area contributed by atoms with Gasteiger partial charge in [0.1, 0.15) is 0 Å². The van der Waals surface area contributed by atoms with Gasteiger partial charge in [-0.1, -0.05) is 24.3 Å². The number of sulfonamides is 1. The number of benzene rings is 1. The van der Waals surface area contributed by atoms with Crippen LogP contribution in [0.5, 0.6) is 0 Å². The number of para-hydroxylation sites is 1. The van der Waals surface area contributed by atoms with Gasteiger partial charge in [0.25, 0.3) is 10.0 Å². The number of aromatic nitrogens is 1. The Bertz CT molecular complexity index is 681. The molecule has 0 amide bonds. The molecule has 1 fully saturated rings. The summed E-state index contributed by atoms with van der Waals surface area (Å²) in [4.78, 5) is 6.16. The average Bonchev–Trinajstić information content (AvgIpc) is 2.57. The van der Waals surface area contributed by atoms with Crippen LogP contribution in [0.1, 0.15) is 0 Å². The molecule has 0 atom stereocenters. The summed E-state index contributed by atoms with van der Waals surface area (Å²) in [5, 5.41) is 0.123. The normalized spacial score (nSPS) is 16.9. The van der Waals surface area contributed by atoms with E-state index in [1.807, 2.05) is 30.3 Å². The first-order valence-corrected chi connectivity index (χ1v) is 8.33.